The molecular weight excluding hydrogens is 304 g/mol. The Hall–Kier alpha value is -1.47. The third-order valence-electron chi connectivity index (χ3n) is 4.32. The molecule has 0 unspecified atom stereocenters. The van der Waals surface area contributed by atoms with Crippen LogP contribution in [-0.2, 0) is 16.1 Å². The number of benzene rings is 1. The van der Waals surface area contributed by atoms with Crippen LogP contribution in [0.5, 0.6) is 0 Å². The smallest absolute Gasteiger partial charge is 0.238 e. The Morgan fingerprint density at radius 3 is 2.42 bits per heavy atom. The minimum absolute atomic E-state index is 0.0328. The van der Waals surface area contributed by atoms with E-state index in [1.54, 1.807) is 7.11 Å². The lowest BCUT2D eigenvalue weighted by Crippen LogP contribution is -2.45. The SMILES string of the molecule is CCN1CCN(Cc2ccc(NC(=O)CNCCOC)cc2)CC1. The second-order valence-corrected chi connectivity index (χ2v) is 6.13. The average molecular weight is 334 g/mol. The highest BCUT2D eigenvalue weighted by Crippen LogP contribution is 2.13. The van der Waals surface area contributed by atoms with Gasteiger partial charge in [0.2, 0.25) is 5.91 Å². The standard InChI is InChI=1S/C18H30N4O2/c1-3-21-9-11-22(12-10-21)15-16-4-6-17(7-5-16)20-18(23)14-19-8-13-24-2/h4-7,19H,3,8-15H2,1-2H3,(H,20,23). The Kier molecular flexibility index (Phi) is 8.18. The van der Waals surface area contributed by atoms with Gasteiger partial charge >= 0.3 is 0 Å². The Labute approximate surface area is 145 Å². The largest absolute Gasteiger partial charge is 0.383 e. The van der Waals surface area contributed by atoms with Crippen LogP contribution in [0.4, 0.5) is 5.69 Å². The van der Waals surface area contributed by atoms with Gasteiger partial charge in [0.1, 0.15) is 0 Å². The zero-order valence-corrected chi connectivity index (χ0v) is 14.9. The van der Waals surface area contributed by atoms with Crippen LogP contribution in [0.2, 0.25) is 0 Å². The van der Waals surface area contributed by atoms with Crippen LogP contribution in [0.25, 0.3) is 0 Å². The lowest BCUT2D eigenvalue weighted by atomic mass is 10.1. The van der Waals surface area contributed by atoms with Crippen molar-refractivity contribution in [1.29, 1.82) is 0 Å². The van der Waals surface area contributed by atoms with Gasteiger partial charge in [0.25, 0.3) is 0 Å². The summed E-state index contributed by atoms with van der Waals surface area (Å²) in [6, 6.07) is 8.15. The molecule has 0 bridgehead atoms. The van der Waals surface area contributed by atoms with E-state index in [1.165, 1.54) is 5.56 Å². The number of piperazine rings is 1. The number of hydrogen-bond donors (Lipinski definition) is 2. The van der Waals surface area contributed by atoms with E-state index >= 15 is 0 Å². The lowest BCUT2D eigenvalue weighted by molar-refractivity contribution is -0.115. The molecule has 0 aliphatic carbocycles. The topological polar surface area (TPSA) is 56.8 Å². The highest BCUT2D eigenvalue weighted by atomic mass is 16.5. The Morgan fingerprint density at radius 2 is 1.79 bits per heavy atom. The van der Waals surface area contributed by atoms with Crippen LogP contribution in [0.3, 0.4) is 0 Å². The highest BCUT2D eigenvalue weighted by Gasteiger charge is 2.15. The molecule has 6 heteroatoms. The molecule has 0 aromatic heterocycles. The van der Waals surface area contributed by atoms with Crippen LogP contribution in [-0.4, -0.2) is 75.2 Å². The molecule has 0 saturated carbocycles. The maximum absolute atomic E-state index is 11.8. The molecule has 1 aliphatic heterocycles. The first kappa shape index (κ1) is 18.9. The summed E-state index contributed by atoms with van der Waals surface area (Å²) < 4.78 is 4.93. The molecule has 2 N–H and O–H groups in total. The molecule has 1 fully saturated rings. The van der Waals surface area contributed by atoms with Crippen molar-refractivity contribution < 1.29 is 9.53 Å². The van der Waals surface area contributed by atoms with Gasteiger partial charge in [0.05, 0.1) is 13.2 Å². The van der Waals surface area contributed by atoms with E-state index in [9.17, 15) is 4.79 Å². The van der Waals surface area contributed by atoms with Crippen LogP contribution >= 0.6 is 0 Å². The molecule has 24 heavy (non-hydrogen) atoms. The average Bonchev–Trinajstić information content (AvgIpc) is 2.61. The summed E-state index contributed by atoms with van der Waals surface area (Å²) in [4.78, 5) is 16.8. The molecule has 1 amide bonds. The predicted octanol–water partition coefficient (Wildman–Crippen LogP) is 0.999. The van der Waals surface area contributed by atoms with Crippen molar-refractivity contribution in [1.82, 2.24) is 15.1 Å². The van der Waals surface area contributed by atoms with Gasteiger partial charge in [-0.1, -0.05) is 19.1 Å². The fraction of sp³-hybridized carbons (Fsp3) is 0.611. The summed E-state index contributed by atoms with van der Waals surface area (Å²) in [6.07, 6.45) is 0. The van der Waals surface area contributed by atoms with Gasteiger partial charge in [-0.3, -0.25) is 9.69 Å². The van der Waals surface area contributed by atoms with Gasteiger partial charge in [0, 0.05) is 52.1 Å². The summed E-state index contributed by atoms with van der Waals surface area (Å²) in [5.41, 5.74) is 2.13. The number of rotatable bonds is 9. The predicted molar refractivity (Wildman–Crippen MR) is 97.2 cm³/mol. The minimum Gasteiger partial charge on any atom is -0.383 e. The summed E-state index contributed by atoms with van der Waals surface area (Å²) in [6.45, 7) is 10.5. The van der Waals surface area contributed by atoms with E-state index in [4.69, 9.17) is 4.74 Å². The summed E-state index contributed by atoms with van der Waals surface area (Å²) in [5.74, 6) is -0.0328. The number of anilines is 1. The Balaban J connectivity index is 1.71. The maximum Gasteiger partial charge on any atom is 0.238 e. The maximum atomic E-state index is 11.8. The van der Waals surface area contributed by atoms with Gasteiger partial charge in [-0.25, -0.2) is 0 Å². The summed E-state index contributed by atoms with van der Waals surface area (Å²) in [5, 5.41) is 5.93. The molecule has 0 atom stereocenters. The number of carbonyl (C=O) groups is 1. The van der Waals surface area contributed by atoms with E-state index in [-0.39, 0.29) is 5.91 Å². The molecule has 1 aromatic rings. The molecule has 0 radical (unpaired) electrons. The van der Waals surface area contributed by atoms with Crippen LogP contribution in [0, 0.1) is 0 Å². The van der Waals surface area contributed by atoms with Crippen molar-refractivity contribution >= 4 is 11.6 Å². The van der Waals surface area contributed by atoms with E-state index in [2.05, 4.69) is 39.5 Å². The van der Waals surface area contributed by atoms with Gasteiger partial charge in [-0.2, -0.15) is 0 Å². The first-order valence-corrected chi connectivity index (χ1v) is 8.74. The number of methoxy groups -OCH3 is 1. The van der Waals surface area contributed by atoms with E-state index < -0.39 is 0 Å². The molecule has 1 aromatic carbocycles. The van der Waals surface area contributed by atoms with Crippen molar-refractivity contribution in [2.24, 2.45) is 0 Å². The van der Waals surface area contributed by atoms with Crippen LogP contribution in [0.15, 0.2) is 24.3 Å². The number of likely N-dealkylation sites (N-methyl/N-ethyl adjacent to an activating group) is 1. The first-order chi connectivity index (χ1) is 11.7. The van der Waals surface area contributed by atoms with Gasteiger partial charge in [0.15, 0.2) is 0 Å². The number of carbonyl (C=O) groups excluding carboxylic acids is 1. The van der Waals surface area contributed by atoms with Crippen LogP contribution < -0.4 is 10.6 Å². The summed E-state index contributed by atoms with van der Waals surface area (Å²) in [7, 11) is 1.65. The Bertz CT molecular complexity index is 484. The molecule has 134 valence electrons. The third-order valence-corrected chi connectivity index (χ3v) is 4.32. The number of ether oxygens (including phenoxy) is 1. The van der Waals surface area contributed by atoms with Crippen molar-refractivity contribution in [3.05, 3.63) is 29.8 Å². The van der Waals surface area contributed by atoms with Crippen molar-refractivity contribution in [2.45, 2.75) is 13.5 Å². The molecule has 1 aliphatic rings. The van der Waals surface area contributed by atoms with Crippen molar-refractivity contribution in [3.63, 3.8) is 0 Å². The van der Waals surface area contributed by atoms with Crippen LogP contribution in [0.1, 0.15) is 12.5 Å². The molecule has 1 heterocycles. The van der Waals surface area contributed by atoms with E-state index in [0.29, 0.717) is 19.7 Å². The van der Waals surface area contributed by atoms with Crippen molar-refractivity contribution in [2.75, 3.05) is 64.8 Å². The Morgan fingerprint density at radius 1 is 1.12 bits per heavy atom. The first-order valence-electron chi connectivity index (χ1n) is 8.74. The minimum atomic E-state index is -0.0328. The molecule has 0 spiro atoms. The quantitative estimate of drug-likeness (QED) is 0.660. The second-order valence-electron chi connectivity index (χ2n) is 6.13. The van der Waals surface area contributed by atoms with Gasteiger partial charge < -0.3 is 20.3 Å². The number of hydrogen-bond acceptors (Lipinski definition) is 5. The number of amides is 1. The van der Waals surface area contributed by atoms with E-state index in [1.807, 2.05) is 12.1 Å². The monoisotopic (exact) mass is 334 g/mol. The number of nitrogens with one attached hydrogen (secondary N) is 2. The molecular formula is C18H30N4O2. The molecule has 2 rings (SSSR count). The van der Waals surface area contributed by atoms with Gasteiger partial charge in [-0.05, 0) is 24.2 Å². The van der Waals surface area contributed by atoms with Gasteiger partial charge in [-0.15, -0.1) is 0 Å². The van der Waals surface area contributed by atoms with E-state index in [0.717, 1.165) is 45.0 Å². The number of nitrogens with zero attached hydrogens (tertiary/aromatic N) is 2. The molecule has 1 saturated heterocycles. The fourth-order valence-electron chi connectivity index (χ4n) is 2.80. The molecule has 6 nitrogen and oxygen atoms in total. The zero-order valence-electron chi connectivity index (χ0n) is 14.9. The normalized spacial score (nSPS) is 16.2. The summed E-state index contributed by atoms with van der Waals surface area (Å²) >= 11 is 0. The van der Waals surface area contributed by atoms with Crippen molar-refractivity contribution in [3.8, 4) is 0 Å². The third kappa shape index (κ3) is 6.57. The highest BCUT2D eigenvalue weighted by molar-refractivity contribution is 5.92. The lowest BCUT2D eigenvalue weighted by Gasteiger charge is -2.34. The zero-order chi connectivity index (χ0) is 17.2. The second kappa shape index (κ2) is 10.4. The fourth-order valence-corrected chi connectivity index (χ4v) is 2.80.